The van der Waals surface area contributed by atoms with Gasteiger partial charge in [-0.2, -0.15) is 0 Å². The van der Waals surface area contributed by atoms with Crippen LogP contribution in [0.4, 0.5) is 0 Å². The highest BCUT2D eigenvalue weighted by Crippen LogP contribution is 2.42. The molecule has 1 aliphatic rings. The molecule has 4 rings (SSSR count). The van der Waals surface area contributed by atoms with Gasteiger partial charge in [-0.15, -0.1) is 0 Å². The van der Waals surface area contributed by atoms with Crippen LogP contribution in [0.1, 0.15) is 21.5 Å². The molecular formula is C19H12O3. The second kappa shape index (κ2) is 4.46. The molecule has 3 aromatic carbocycles. The SMILES string of the molecule is O=C1C(c2ccccc2)=C(O)c2cccc3ccc(O)c1c23. The Hall–Kier alpha value is -3.07. The van der Waals surface area contributed by atoms with Gasteiger partial charge in [-0.3, -0.25) is 4.79 Å². The number of phenolic OH excluding ortho intramolecular Hbond substituents is 1. The van der Waals surface area contributed by atoms with Crippen molar-refractivity contribution in [2.75, 3.05) is 0 Å². The summed E-state index contributed by atoms with van der Waals surface area (Å²) in [6, 6.07) is 17.7. The van der Waals surface area contributed by atoms with Crippen molar-refractivity contribution in [1.82, 2.24) is 0 Å². The standard InChI is InChI=1S/C19H12O3/c20-14-10-9-12-7-4-8-13-15(12)17(14)19(22)16(18(13)21)11-5-2-1-3-6-11/h1-10,20-21H. The van der Waals surface area contributed by atoms with Gasteiger partial charge in [0.15, 0.2) is 0 Å². The van der Waals surface area contributed by atoms with E-state index < -0.39 is 0 Å². The first kappa shape index (κ1) is 12.7. The van der Waals surface area contributed by atoms with Gasteiger partial charge in [0.25, 0.3) is 0 Å². The zero-order valence-corrected chi connectivity index (χ0v) is 11.6. The van der Waals surface area contributed by atoms with E-state index in [1.165, 1.54) is 6.07 Å². The summed E-state index contributed by atoms with van der Waals surface area (Å²) < 4.78 is 0. The number of allylic oxidation sites excluding steroid dienone is 1. The van der Waals surface area contributed by atoms with Gasteiger partial charge in [-0.05, 0) is 17.0 Å². The molecule has 0 unspecified atom stereocenters. The Bertz CT molecular complexity index is 953. The van der Waals surface area contributed by atoms with Crippen LogP contribution in [0.3, 0.4) is 0 Å². The van der Waals surface area contributed by atoms with Gasteiger partial charge >= 0.3 is 0 Å². The summed E-state index contributed by atoms with van der Waals surface area (Å²) in [5.74, 6) is -0.462. The lowest BCUT2D eigenvalue weighted by atomic mass is 9.83. The maximum absolute atomic E-state index is 12.9. The molecular weight excluding hydrogens is 276 g/mol. The van der Waals surface area contributed by atoms with Gasteiger partial charge in [-0.1, -0.05) is 54.6 Å². The number of aromatic hydroxyl groups is 1. The predicted octanol–water partition coefficient (Wildman–Crippen LogP) is 4.17. The van der Waals surface area contributed by atoms with Crippen LogP contribution in [0.2, 0.25) is 0 Å². The smallest absolute Gasteiger partial charge is 0.201 e. The molecule has 0 aromatic heterocycles. The number of rotatable bonds is 1. The Kier molecular flexibility index (Phi) is 2.57. The fraction of sp³-hybridized carbons (Fsp3) is 0. The summed E-state index contributed by atoms with van der Waals surface area (Å²) in [7, 11) is 0. The summed E-state index contributed by atoms with van der Waals surface area (Å²) in [5.41, 5.74) is 1.68. The van der Waals surface area contributed by atoms with E-state index >= 15 is 0 Å². The molecule has 106 valence electrons. The first-order valence-electron chi connectivity index (χ1n) is 6.97. The van der Waals surface area contributed by atoms with E-state index in [1.807, 2.05) is 30.3 Å². The molecule has 2 N–H and O–H groups in total. The van der Waals surface area contributed by atoms with Crippen LogP contribution in [0.25, 0.3) is 22.1 Å². The number of aliphatic hydroxyl groups is 1. The van der Waals surface area contributed by atoms with Crippen LogP contribution in [0.5, 0.6) is 5.75 Å². The summed E-state index contributed by atoms with van der Waals surface area (Å²) in [4.78, 5) is 12.9. The number of carbonyl (C=O) groups is 1. The third-order valence-corrected chi connectivity index (χ3v) is 4.03. The van der Waals surface area contributed by atoms with Crippen LogP contribution >= 0.6 is 0 Å². The molecule has 0 bridgehead atoms. The molecule has 0 spiro atoms. The van der Waals surface area contributed by atoms with Crippen LogP contribution in [0, 0.1) is 0 Å². The molecule has 0 saturated carbocycles. The van der Waals surface area contributed by atoms with Crippen molar-refractivity contribution in [2.45, 2.75) is 0 Å². The number of benzene rings is 3. The molecule has 3 nitrogen and oxygen atoms in total. The van der Waals surface area contributed by atoms with Crippen molar-refractivity contribution in [3.63, 3.8) is 0 Å². The molecule has 0 aliphatic heterocycles. The van der Waals surface area contributed by atoms with E-state index in [1.54, 1.807) is 24.3 Å². The number of aliphatic hydroxyl groups excluding tert-OH is 1. The predicted molar refractivity (Wildman–Crippen MR) is 85.8 cm³/mol. The minimum Gasteiger partial charge on any atom is -0.507 e. The highest BCUT2D eigenvalue weighted by Gasteiger charge is 2.30. The van der Waals surface area contributed by atoms with Gasteiger partial charge in [0.2, 0.25) is 5.78 Å². The van der Waals surface area contributed by atoms with Crippen LogP contribution in [-0.4, -0.2) is 16.0 Å². The summed E-state index contributed by atoms with van der Waals surface area (Å²) in [6.07, 6.45) is 0. The lowest BCUT2D eigenvalue weighted by Gasteiger charge is -2.20. The molecule has 0 fully saturated rings. The van der Waals surface area contributed by atoms with E-state index in [2.05, 4.69) is 0 Å². The van der Waals surface area contributed by atoms with Gasteiger partial charge in [-0.25, -0.2) is 0 Å². The third-order valence-electron chi connectivity index (χ3n) is 4.03. The lowest BCUT2D eigenvalue weighted by Crippen LogP contribution is -2.12. The monoisotopic (exact) mass is 288 g/mol. The number of carbonyl (C=O) groups excluding carboxylic acids is 1. The first-order valence-corrected chi connectivity index (χ1v) is 6.97. The zero-order chi connectivity index (χ0) is 15.3. The zero-order valence-electron chi connectivity index (χ0n) is 11.6. The molecule has 3 heteroatoms. The van der Waals surface area contributed by atoms with Gasteiger partial charge in [0.05, 0.1) is 11.1 Å². The largest absolute Gasteiger partial charge is 0.507 e. The molecule has 0 radical (unpaired) electrons. The van der Waals surface area contributed by atoms with Gasteiger partial charge < -0.3 is 10.2 Å². The van der Waals surface area contributed by atoms with E-state index in [4.69, 9.17) is 0 Å². The number of ketones is 1. The molecule has 3 aromatic rings. The fourth-order valence-electron chi connectivity index (χ4n) is 3.04. The Labute approximate surface area is 126 Å². The van der Waals surface area contributed by atoms with Crippen molar-refractivity contribution < 1.29 is 15.0 Å². The topological polar surface area (TPSA) is 57.5 Å². The van der Waals surface area contributed by atoms with Crippen LogP contribution in [-0.2, 0) is 0 Å². The van der Waals surface area contributed by atoms with Crippen molar-refractivity contribution in [1.29, 1.82) is 0 Å². The number of hydrogen-bond donors (Lipinski definition) is 2. The average molecular weight is 288 g/mol. The fourth-order valence-corrected chi connectivity index (χ4v) is 3.04. The van der Waals surface area contributed by atoms with Gasteiger partial charge in [0.1, 0.15) is 11.5 Å². The summed E-state index contributed by atoms with van der Waals surface area (Å²) in [5, 5.41) is 22.2. The summed E-state index contributed by atoms with van der Waals surface area (Å²) in [6.45, 7) is 0. The second-order valence-electron chi connectivity index (χ2n) is 5.28. The Morgan fingerprint density at radius 1 is 0.773 bits per heavy atom. The molecule has 22 heavy (non-hydrogen) atoms. The van der Waals surface area contributed by atoms with E-state index in [0.29, 0.717) is 16.5 Å². The maximum Gasteiger partial charge on any atom is 0.201 e. The Morgan fingerprint density at radius 2 is 1.55 bits per heavy atom. The highest BCUT2D eigenvalue weighted by atomic mass is 16.3. The van der Waals surface area contributed by atoms with E-state index in [-0.39, 0.29) is 28.4 Å². The number of hydrogen-bond acceptors (Lipinski definition) is 3. The van der Waals surface area contributed by atoms with Gasteiger partial charge in [0, 0.05) is 10.9 Å². The molecule has 0 heterocycles. The minimum absolute atomic E-state index is 0.0418. The highest BCUT2D eigenvalue weighted by molar-refractivity contribution is 6.40. The first-order chi connectivity index (χ1) is 10.7. The lowest BCUT2D eigenvalue weighted by molar-refractivity contribution is 0.105. The van der Waals surface area contributed by atoms with Crippen LogP contribution in [0.15, 0.2) is 60.7 Å². The van der Waals surface area contributed by atoms with E-state index in [9.17, 15) is 15.0 Å². The molecule has 0 atom stereocenters. The number of phenols is 1. The van der Waals surface area contributed by atoms with Crippen molar-refractivity contribution in [2.24, 2.45) is 0 Å². The quantitative estimate of drug-likeness (QED) is 0.706. The third kappa shape index (κ3) is 1.59. The minimum atomic E-state index is -0.356. The van der Waals surface area contributed by atoms with Crippen molar-refractivity contribution >= 4 is 27.9 Å². The normalized spacial score (nSPS) is 13.7. The number of Topliss-reactive ketones (excluding diaryl/α,β-unsaturated/α-hetero) is 1. The van der Waals surface area contributed by atoms with E-state index in [0.717, 1.165) is 5.39 Å². The average Bonchev–Trinajstić information content (AvgIpc) is 2.54. The summed E-state index contributed by atoms with van der Waals surface area (Å²) >= 11 is 0. The van der Waals surface area contributed by atoms with Crippen molar-refractivity contribution in [3.8, 4) is 5.75 Å². The second-order valence-corrected chi connectivity index (χ2v) is 5.28. The molecule has 0 amide bonds. The Morgan fingerprint density at radius 3 is 2.32 bits per heavy atom. The molecule has 1 aliphatic carbocycles. The van der Waals surface area contributed by atoms with Crippen LogP contribution < -0.4 is 0 Å². The van der Waals surface area contributed by atoms with Crippen molar-refractivity contribution in [3.05, 3.63) is 77.4 Å². The Balaban J connectivity index is 2.14. The molecule has 0 saturated heterocycles. The maximum atomic E-state index is 12.9.